The van der Waals surface area contributed by atoms with Crippen molar-refractivity contribution in [1.29, 1.82) is 0 Å². The van der Waals surface area contributed by atoms with E-state index in [-0.39, 0.29) is 11.8 Å². The number of aromatic nitrogens is 2. The van der Waals surface area contributed by atoms with E-state index in [1.807, 2.05) is 31.2 Å². The summed E-state index contributed by atoms with van der Waals surface area (Å²) in [5, 5.41) is 10.3. The average Bonchev–Trinajstić information content (AvgIpc) is 3.60. The maximum Gasteiger partial charge on any atom is 0.337 e. The normalized spacial score (nSPS) is 12.8. The summed E-state index contributed by atoms with van der Waals surface area (Å²) in [6.07, 6.45) is 2.26. The molecule has 1 saturated carbocycles. The molecule has 0 atom stereocenters. The third-order valence-electron chi connectivity index (χ3n) is 5.83. The third-order valence-corrected chi connectivity index (χ3v) is 5.83. The van der Waals surface area contributed by atoms with Crippen molar-refractivity contribution in [3.8, 4) is 0 Å². The van der Waals surface area contributed by atoms with Gasteiger partial charge in [-0.15, -0.1) is 0 Å². The van der Waals surface area contributed by atoms with Crippen LogP contribution in [-0.2, 0) is 18.3 Å². The summed E-state index contributed by atoms with van der Waals surface area (Å²) < 4.78 is 6.30. The van der Waals surface area contributed by atoms with E-state index in [1.54, 1.807) is 36.0 Å². The second-order valence-electron chi connectivity index (χ2n) is 8.15. The molecule has 0 bridgehead atoms. The number of rotatable bonds is 7. The Labute approximate surface area is 191 Å². The van der Waals surface area contributed by atoms with Crippen LogP contribution in [0.15, 0.2) is 48.5 Å². The number of benzene rings is 2. The molecule has 170 valence electrons. The molecular weight excluding hydrogens is 420 g/mol. The summed E-state index contributed by atoms with van der Waals surface area (Å²) in [5.41, 5.74) is 4.72. The molecule has 1 aliphatic carbocycles. The van der Waals surface area contributed by atoms with Crippen LogP contribution in [0.4, 0.5) is 5.69 Å². The molecule has 0 radical (unpaired) electrons. The van der Waals surface area contributed by atoms with Crippen molar-refractivity contribution < 1.29 is 19.1 Å². The van der Waals surface area contributed by atoms with Gasteiger partial charge < -0.3 is 15.4 Å². The Balaban J connectivity index is 1.41. The fourth-order valence-corrected chi connectivity index (χ4v) is 3.63. The molecule has 0 aliphatic heterocycles. The number of carbonyl (C=O) groups is 3. The van der Waals surface area contributed by atoms with E-state index < -0.39 is 5.97 Å². The standard InChI is InChI=1S/C25H26N4O4/c1-15-19(14-26-24(31)22-13-21(16-7-8-16)28-29(22)2)5-4-6-20(15)27-23(30)17-9-11-18(12-10-17)25(32)33-3/h4-6,9-13,16H,7-8,14H2,1-3H3,(H,26,31)(H,27,30). The zero-order chi connectivity index (χ0) is 23.5. The molecule has 1 heterocycles. The van der Waals surface area contributed by atoms with E-state index in [1.165, 1.54) is 7.11 Å². The van der Waals surface area contributed by atoms with Crippen LogP contribution in [0.25, 0.3) is 0 Å². The molecule has 1 aromatic heterocycles. The van der Waals surface area contributed by atoms with Crippen LogP contribution in [0.2, 0.25) is 0 Å². The maximum absolute atomic E-state index is 12.7. The van der Waals surface area contributed by atoms with Gasteiger partial charge in [0.15, 0.2) is 0 Å². The van der Waals surface area contributed by atoms with Crippen molar-refractivity contribution in [2.45, 2.75) is 32.2 Å². The van der Waals surface area contributed by atoms with E-state index in [0.717, 1.165) is 29.7 Å². The second kappa shape index (κ2) is 9.28. The maximum atomic E-state index is 12.7. The Bertz CT molecular complexity index is 1210. The molecule has 2 aromatic carbocycles. The van der Waals surface area contributed by atoms with Crippen LogP contribution >= 0.6 is 0 Å². The van der Waals surface area contributed by atoms with Crippen LogP contribution in [0.5, 0.6) is 0 Å². The summed E-state index contributed by atoms with van der Waals surface area (Å²) in [7, 11) is 3.09. The van der Waals surface area contributed by atoms with Gasteiger partial charge in [0.1, 0.15) is 5.69 Å². The van der Waals surface area contributed by atoms with Gasteiger partial charge >= 0.3 is 5.97 Å². The van der Waals surface area contributed by atoms with Gasteiger partial charge in [0.25, 0.3) is 11.8 Å². The minimum atomic E-state index is -0.456. The summed E-state index contributed by atoms with van der Waals surface area (Å²) in [5.74, 6) is -0.450. The molecule has 1 fully saturated rings. The highest BCUT2D eigenvalue weighted by molar-refractivity contribution is 6.05. The predicted molar refractivity (Wildman–Crippen MR) is 123 cm³/mol. The minimum absolute atomic E-state index is 0.184. The zero-order valence-corrected chi connectivity index (χ0v) is 18.8. The monoisotopic (exact) mass is 446 g/mol. The molecule has 33 heavy (non-hydrogen) atoms. The van der Waals surface area contributed by atoms with Crippen LogP contribution in [0, 0.1) is 6.92 Å². The Hall–Kier alpha value is -3.94. The Morgan fingerprint density at radius 1 is 1.06 bits per heavy atom. The number of hydrogen-bond acceptors (Lipinski definition) is 5. The first kappa shape index (κ1) is 22.3. The van der Waals surface area contributed by atoms with E-state index in [9.17, 15) is 14.4 Å². The van der Waals surface area contributed by atoms with Gasteiger partial charge in [-0.05, 0) is 67.3 Å². The van der Waals surface area contributed by atoms with Gasteiger partial charge in [-0.1, -0.05) is 12.1 Å². The van der Waals surface area contributed by atoms with E-state index >= 15 is 0 Å². The largest absolute Gasteiger partial charge is 0.465 e. The fraction of sp³-hybridized carbons (Fsp3) is 0.280. The van der Waals surface area contributed by atoms with Crippen molar-refractivity contribution in [3.63, 3.8) is 0 Å². The van der Waals surface area contributed by atoms with Crippen LogP contribution in [0.3, 0.4) is 0 Å². The first-order valence-corrected chi connectivity index (χ1v) is 10.8. The van der Waals surface area contributed by atoms with Gasteiger partial charge in [0.05, 0.1) is 18.4 Å². The number of aryl methyl sites for hydroxylation is 1. The van der Waals surface area contributed by atoms with Crippen LogP contribution in [-0.4, -0.2) is 34.7 Å². The molecule has 2 amide bonds. The Kier molecular flexibility index (Phi) is 6.26. The molecule has 8 heteroatoms. The molecule has 0 unspecified atom stereocenters. The lowest BCUT2D eigenvalue weighted by molar-refractivity contribution is 0.0600. The molecule has 0 spiro atoms. The number of methoxy groups -OCH3 is 1. The number of nitrogens with zero attached hydrogens (tertiary/aromatic N) is 2. The number of nitrogens with one attached hydrogen (secondary N) is 2. The van der Waals surface area contributed by atoms with Gasteiger partial charge in [0, 0.05) is 30.8 Å². The van der Waals surface area contributed by atoms with Crippen molar-refractivity contribution in [2.24, 2.45) is 7.05 Å². The number of hydrogen-bond donors (Lipinski definition) is 2. The molecule has 0 saturated heterocycles. The summed E-state index contributed by atoms with van der Waals surface area (Å²) >= 11 is 0. The van der Waals surface area contributed by atoms with Gasteiger partial charge in [0.2, 0.25) is 0 Å². The minimum Gasteiger partial charge on any atom is -0.465 e. The number of anilines is 1. The summed E-state index contributed by atoms with van der Waals surface area (Å²) in [6.45, 7) is 2.22. The number of carbonyl (C=O) groups excluding carboxylic acids is 3. The smallest absolute Gasteiger partial charge is 0.337 e. The molecule has 8 nitrogen and oxygen atoms in total. The molecule has 4 rings (SSSR count). The van der Waals surface area contributed by atoms with E-state index in [4.69, 9.17) is 0 Å². The second-order valence-corrected chi connectivity index (χ2v) is 8.15. The SMILES string of the molecule is COC(=O)c1ccc(C(=O)Nc2cccc(CNC(=O)c3cc(C4CC4)nn3C)c2C)cc1. The average molecular weight is 447 g/mol. The number of esters is 1. The Morgan fingerprint density at radius 3 is 2.42 bits per heavy atom. The summed E-state index contributed by atoms with van der Waals surface area (Å²) in [6, 6.07) is 13.7. The topological polar surface area (TPSA) is 102 Å². The molecular formula is C25H26N4O4. The van der Waals surface area contributed by atoms with Crippen LogP contribution in [0.1, 0.15) is 66.8 Å². The summed E-state index contributed by atoms with van der Waals surface area (Å²) in [4.78, 5) is 36.9. The van der Waals surface area contributed by atoms with Crippen molar-refractivity contribution in [3.05, 3.63) is 82.2 Å². The quantitative estimate of drug-likeness (QED) is 0.540. The first-order chi connectivity index (χ1) is 15.9. The fourth-order valence-electron chi connectivity index (χ4n) is 3.63. The highest BCUT2D eigenvalue weighted by atomic mass is 16.5. The number of ether oxygens (including phenoxy) is 1. The first-order valence-electron chi connectivity index (χ1n) is 10.8. The van der Waals surface area contributed by atoms with Crippen molar-refractivity contribution >= 4 is 23.5 Å². The Morgan fingerprint density at radius 2 is 1.76 bits per heavy atom. The third kappa shape index (κ3) is 4.95. The van der Waals surface area contributed by atoms with Crippen molar-refractivity contribution in [1.82, 2.24) is 15.1 Å². The highest BCUT2D eigenvalue weighted by Crippen LogP contribution is 2.39. The van der Waals surface area contributed by atoms with Gasteiger partial charge in [-0.2, -0.15) is 5.10 Å². The molecule has 3 aromatic rings. The lowest BCUT2D eigenvalue weighted by Crippen LogP contribution is -2.25. The molecule has 1 aliphatic rings. The zero-order valence-electron chi connectivity index (χ0n) is 18.8. The van der Waals surface area contributed by atoms with Crippen LogP contribution < -0.4 is 10.6 Å². The van der Waals surface area contributed by atoms with Gasteiger partial charge in [-0.25, -0.2) is 4.79 Å². The van der Waals surface area contributed by atoms with E-state index in [0.29, 0.717) is 35.0 Å². The van der Waals surface area contributed by atoms with Crippen molar-refractivity contribution in [2.75, 3.05) is 12.4 Å². The lowest BCUT2D eigenvalue weighted by atomic mass is 10.1. The van der Waals surface area contributed by atoms with E-state index in [2.05, 4.69) is 20.5 Å². The number of amides is 2. The lowest BCUT2D eigenvalue weighted by Gasteiger charge is -2.13. The highest BCUT2D eigenvalue weighted by Gasteiger charge is 2.28. The predicted octanol–water partition coefficient (Wildman–Crippen LogP) is 3.57. The molecule has 2 N–H and O–H groups in total. The van der Waals surface area contributed by atoms with Gasteiger partial charge in [-0.3, -0.25) is 14.3 Å².